The molecular formula is C17H18O9. The third-order valence-electron chi connectivity index (χ3n) is 2.97. The predicted octanol–water partition coefficient (Wildman–Crippen LogP) is 0.406. The molecule has 0 spiro atoms. The van der Waals surface area contributed by atoms with Gasteiger partial charge in [-0.1, -0.05) is 30.3 Å². The van der Waals surface area contributed by atoms with E-state index < -0.39 is 35.9 Å². The molecule has 0 radical (unpaired) electrons. The number of carboxylic acids is 1. The molecule has 0 atom stereocenters. The second kappa shape index (κ2) is 11.5. The zero-order valence-electron chi connectivity index (χ0n) is 13.8. The quantitative estimate of drug-likeness (QED) is 0.241. The van der Waals surface area contributed by atoms with Gasteiger partial charge in [-0.2, -0.15) is 0 Å². The molecule has 1 aromatic carbocycles. The number of carboxylic acid groups (broad SMARTS) is 1. The van der Waals surface area contributed by atoms with E-state index in [0.717, 1.165) is 0 Å². The lowest BCUT2D eigenvalue weighted by Gasteiger charge is -2.06. The van der Waals surface area contributed by atoms with Gasteiger partial charge in [0, 0.05) is 12.0 Å². The monoisotopic (exact) mass is 366 g/mol. The third kappa shape index (κ3) is 8.15. The van der Waals surface area contributed by atoms with Crippen LogP contribution in [0.4, 0.5) is 0 Å². The second-order valence-corrected chi connectivity index (χ2v) is 4.89. The number of carbonyl (C=O) groups is 5. The SMILES string of the molecule is O=C(CCC(=O)C(=O)O)OCCOCCOC(=O)C(=O)c1ccccc1. The Morgan fingerprint density at radius 3 is 2.04 bits per heavy atom. The Morgan fingerprint density at radius 2 is 1.42 bits per heavy atom. The summed E-state index contributed by atoms with van der Waals surface area (Å²) in [6, 6.07) is 7.97. The average Bonchev–Trinajstić information content (AvgIpc) is 2.64. The van der Waals surface area contributed by atoms with Gasteiger partial charge in [0.15, 0.2) is 0 Å². The summed E-state index contributed by atoms with van der Waals surface area (Å²) < 4.78 is 14.5. The van der Waals surface area contributed by atoms with Gasteiger partial charge in [-0.05, 0) is 0 Å². The third-order valence-corrected chi connectivity index (χ3v) is 2.97. The van der Waals surface area contributed by atoms with E-state index in [1.165, 1.54) is 12.1 Å². The van der Waals surface area contributed by atoms with Crippen molar-refractivity contribution in [3.05, 3.63) is 35.9 Å². The smallest absolute Gasteiger partial charge is 0.379 e. The van der Waals surface area contributed by atoms with E-state index in [0.29, 0.717) is 0 Å². The highest BCUT2D eigenvalue weighted by atomic mass is 16.6. The molecule has 26 heavy (non-hydrogen) atoms. The van der Waals surface area contributed by atoms with Crippen LogP contribution in [0, 0.1) is 0 Å². The first kappa shape index (κ1) is 21.0. The van der Waals surface area contributed by atoms with Crippen LogP contribution in [0.5, 0.6) is 0 Å². The van der Waals surface area contributed by atoms with Crippen LogP contribution >= 0.6 is 0 Å². The number of ketones is 2. The molecule has 0 bridgehead atoms. The maximum Gasteiger partial charge on any atom is 0.379 e. The van der Waals surface area contributed by atoms with Gasteiger partial charge in [0.1, 0.15) is 13.2 Å². The summed E-state index contributed by atoms with van der Waals surface area (Å²) in [7, 11) is 0. The lowest BCUT2D eigenvalue weighted by molar-refractivity contribution is -0.151. The van der Waals surface area contributed by atoms with Crippen molar-refractivity contribution in [1.82, 2.24) is 0 Å². The van der Waals surface area contributed by atoms with E-state index in [9.17, 15) is 24.0 Å². The van der Waals surface area contributed by atoms with E-state index in [4.69, 9.17) is 19.3 Å². The van der Waals surface area contributed by atoms with Gasteiger partial charge < -0.3 is 19.3 Å². The van der Waals surface area contributed by atoms with Crippen molar-refractivity contribution in [3.8, 4) is 0 Å². The molecule has 9 nitrogen and oxygen atoms in total. The zero-order chi connectivity index (χ0) is 19.4. The van der Waals surface area contributed by atoms with Crippen molar-refractivity contribution in [3.63, 3.8) is 0 Å². The normalized spacial score (nSPS) is 10.0. The molecule has 9 heteroatoms. The maximum absolute atomic E-state index is 11.7. The maximum atomic E-state index is 11.7. The van der Waals surface area contributed by atoms with Crippen LogP contribution in [-0.2, 0) is 33.4 Å². The molecule has 0 saturated heterocycles. The molecule has 1 rings (SSSR count). The Morgan fingerprint density at radius 1 is 0.808 bits per heavy atom. The van der Waals surface area contributed by atoms with Gasteiger partial charge in [-0.3, -0.25) is 14.4 Å². The first-order valence-electron chi connectivity index (χ1n) is 7.67. The van der Waals surface area contributed by atoms with Crippen molar-refractivity contribution < 1.29 is 43.3 Å². The van der Waals surface area contributed by atoms with Crippen LogP contribution < -0.4 is 0 Å². The first-order chi connectivity index (χ1) is 12.4. The lowest BCUT2D eigenvalue weighted by atomic mass is 10.1. The molecule has 0 unspecified atom stereocenters. The summed E-state index contributed by atoms with van der Waals surface area (Å²) in [6.07, 6.45) is -0.759. The van der Waals surface area contributed by atoms with E-state index in [-0.39, 0.29) is 38.4 Å². The van der Waals surface area contributed by atoms with E-state index in [1.54, 1.807) is 18.2 Å². The number of benzene rings is 1. The number of hydrogen-bond donors (Lipinski definition) is 1. The highest BCUT2D eigenvalue weighted by Gasteiger charge is 2.17. The molecular weight excluding hydrogens is 348 g/mol. The molecule has 0 saturated carbocycles. The topological polar surface area (TPSA) is 133 Å². The van der Waals surface area contributed by atoms with Crippen molar-refractivity contribution in [2.75, 3.05) is 26.4 Å². The summed E-state index contributed by atoms with van der Waals surface area (Å²) in [6.45, 7) is -0.221. The van der Waals surface area contributed by atoms with E-state index >= 15 is 0 Å². The zero-order valence-corrected chi connectivity index (χ0v) is 13.8. The summed E-state index contributed by atoms with van der Waals surface area (Å²) in [5, 5.41) is 8.35. The van der Waals surface area contributed by atoms with Gasteiger partial charge in [0.2, 0.25) is 5.78 Å². The van der Waals surface area contributed by atoms with Gasteiger partial charge in [-0.15, -0.1) is 0 Å². The number of hydrogen-bond acceptors (Lipinski definition) is 8. The summed E-state index contributed by atoms with van der Waals surface area (Å²) in [5.74, 6) is -5.13. The van der Waals surface area contributed by atoms with Crippen LogP contribution in [-0.4, -0.2) is 61.0 Å². The van der Waals surface area contributed by atoms with Gasteiger partial charge >= 0.3 is 17.9 Å². The van der Waals surface area contributed by atoms with Crippen molar-refractivity contribution in [2.24, 2.45) is 0 Å². The Labute approximate surface area is 148 Å². The second-order valence-electron chi connectivity index (χ2n) is 4.89. The molecule has 0 aliphatic heterocycles. The Hall–Kier alpha value is -3.07. The number of esters is 2. The fourth-order valence-corrected chi connectivity index (χ4v) is 1.68. The molecule has 1 aromatic rings. The highest BCUT2D eigenvalue weighted by molar-refractivity contribution is 6.40. The average molecular weight is 366 g/mol. The van der Waals surface area contributed by atoms with Gasteiger partial charge in [-0.25, -0.2) is 9.59 Å². The van der Waals surface area contributed by atoms with Gasteiger partial charge in [0.25, 0.3) is 5.78 Å². The summed E-state index contributed by atoms with van der Waals surface area (Å²) >= 11 is 0. The Balaban J connectivity index is 2.06. The van der Waals surface area contributed by atoms with Crippen LogP contribution in [0.1, 0.15) is 23.2 Å². The van der Waals surface area contributed by atoms with Crippen molar-refractivity contribution in [2.45, 2.75) is 12.8 Å². The fraction of sp³-hybridized carbons (Fsp3) is 0.353. The molecule has 0 aliphatic carbocycles. The predicted molar refractivity (Wildman–Crippen MR) is 85.4 cm³/mol. The minimum atomic E-state index is -1.60. The highest BCUT2D eigenvalue weighted by Crippen LogP contribution is 2.01. The lowest BCUT2D eigenvalue weighted by Crippen LogP contribution is -2.20. The van der Waals surface area contributed by atoms with E-state index in [2.05, 4.69) is 0 Å². The number of Topliss-reactive ketones (excluding diaryl/α,β-unsaturated/α-hetero) is 2. The van der Waals surface area contributed by atoms with Crippen molar-refractivity contribution in [1.29, 1.82) is 0 Å². The van der Waals surface area contributed by atoms with Crippen molar-refractivity contribution >= 4 is 29.5 Å². The Bertz CT molecular complexity index is 651. The van der Waals surface area contributed by atoms with Crippen LogP contribution in [0.25, 0.3) is 0 Å². The van der Waals surface area contributed by atoms with Gasteiger partial charge in [0.05, 0.1) is 19.6 Å². The molecule has 0 fully saturated rings. The molecule has 0 amide bonds. The molecule has 140 valence electrons. The molecule has 0 aromatic heterocycles. The molecule has 0 aliphatic rings. The number of aliphatic carboxylic acids is 1. The molecule has 0 heterocycles. The Kier molecular flexibility index (Phi) is 9.26. The standard InChI is InChI=1S/C17H18O9/c18-13(16(21)22)6-7-14(19)25-10-8-24-9-11-26-17(23)15(20)12-4-2-1-3-5-12/h1-5H,6-11H2,(H,21,22). The van der Waals surface area contributed by atoms with Crippen LogP contribution in [0.3, 0.4) is 0 Å². The van der Waals surface area contributed by atoms with E-state index in [1.807, 2.05) is 0 Å². The minimum Gasteiger partial charge on any atom is -0.476 e. The largest absolute Gasteiger partial charge is 0.476 e. The number of ether oxygens (including phenoxy) is 3. The fourth-order valence-electron chi connectivity index (χ4n) is 1.68. The number of rotatable bonds is 12. The van der Waals surface area contributed by atoms with Crippen LogP contribution in [0.2, 0.25) is 0 Å². The minimum absolute atomic E-state index is 0.00284. The first-order valence-corrected chi connectivity index (χ1v) is 7.67. The summed E-state index contributed by atoms with van der Waals surface area (Å²) in [4.78, 5) is 55.5. The molecule has 1 N–H and O–H groups in total. The summed E-state index contributed by atoms with van der Waals surface area (Å²) in [5.41, 5.74) is 0.228. The number of carbonyl (C=O) groups excluding carboxylic acids is 4. The van der Waals surface area contributed by atoms with Crippen LogP contribution in [0.15, 0.2) is 30.3 Å².